The maximum Gasteiger partial charge on any atom is 0.0179 e. The van der Waals surface area contributed by atoms with Crippen LogP contribution >= 0.6 is 0 Å². The number of hydrogen-bond acceptors (Lipinski definition) is 1. The third kappa shape index (κ3) is 2.21. The predicted molar refractivity (Wildman–Crippen MR) is 77.0 cm³/mol. The first-order valence-corrected chi connectivity index (χ1v) is 7.66. The van der Waals surface area contributed by atoms with E-state index in [1.54, 1.807) is 11.1 Å². The Bertz CT molecular complexity index is 400. The summed E-state index contributed by atoms with van der Waals surface area (Å²) in [5.74, 6) is 0.749. The second kappa shape index (κ2) is 5.05. The van der Waals surface area contributed by atoms with Gasteiger partial charge < -0.3 is 5.32 Å². The van der Waals surface area contributed by atoms with Gasteiger partial charge in [-0.2, -0.15) is 0 Å². The van der Waals surface area contributed by atoms with Gasteiger partial charge in [-0.15, -0.1) is 0 Å². The normalized spacial score (nSPS) is 25.3. The molecule has 0 spiro atoms. The lowest BCUT2D eigenvalue weighted by atomic mass is 9.74. The van der Waals surface area contributed by atoms with Gasteiger partial charge >= 0.3 is 0 Å². The van der Waals surface area contributed by atoms with Crippen molar-refractivity contribution in [2.24, 2.45) is 0 Å². The zero-order valence-corrected chi connectivity index (χ0v) is 11.5. The third-order valence-corrected chi connectivity index (χ3v) is 5.20. The lowest BCUT2D eigenvalue weighted by molar-refractivity contribution is 0.173. The van der Waals surface area contributed by atoms with E-state index in [0.29, 0.717) is 5.54 Å². The summed E-state index contributed by atoms with van der Waals surface area (Å²) >= 11 is 0. The molecule has 1 nitrogen and oxygen atoms in total. The van der Waals surface area contributed by atoms with E-state index in [4.69, 9.17) is 0 Å². The fraction of sp³-hybridized carbons (Fsp3) is 0.647. The van der Waals surface area contributed by atoms with Gasteiger partial charge in [0.2, 0.25) is 0 Å². The van der Waals surface area contributed by atoms with Gasteiger partial charge in [-0.25, -0.2) is 0 Å². The smallest absolute Gasteiger partial charge is 0.0179 e. The highest BCUT2D eigenvalue weighted by Crippen LogP contribution is 2.36. The maximum absolute atomic E-state index is 3.89. The van der Waals surface area contributed by atoms with Gasteiger partial charge in [0.05, 0.1) is 0 Å². The average Bonchev–Trinajstić information content (AvgIpc) is 2.38. The monoisotopic (exact) mass is 243 g/mol. The summed E-state index contributed by atoms with van der Waals surface area (Å²) in [4.78, 5) is 0. The van der Waals surface area contributed by atoms with E-state index in [1.165, 1.54) is 51.5 Å². The Kier molecular flexibility index (Phi) is 3.43. The van der Waals surface area contributed by atoms with Gasteiger partial charge in [-0.1, -0.05) is 31.2 Å². The molecule has 2 aliphatic carbocycles. The highest BCUT2D eigenvalue weighted by Gasteiger charge is 2.35. The second-order valence-corrected chi connectivity index (χ2v) is 6.16. The van der Waals surface area contributed by atoms with Crippen molar-refractivity contribution in [3.8, 4) is 0 Å². The average molecular weight is 243 g/mol. The number of rotatable bonds is 4. The summed E-state index contributed by atoms with van der Waals surface area (Å²) in [5, 5.41) is 3.89. The van der Waals surface area contributed by atoms with Crippen LogP contribution in [0.15, 0.2) is 24.3 Å². The van der Waals surface area contributed by atoms with Crippen LogP contribution in [0.3, 0.4) is 0 Å². The Morgan fingerprint density at radius 2 is 2.06 bits per heavy atom. The van der Waals surface area contributed by atoms with Crippen LogP contribution in [-0.4, -0.2) is 12.1 Å². The first-order valence-electron chi connectivity index (χ1n) is 7.66. The van der Waals surface area contributed by atoms with Crippen molar-refractivity contribution >= 4 is 0 Å². The van der Waals surface area contributed by atoms with Crippen molar-refractivity contribution in [1.82, 2.24) is 5.32 Å². The van der Waals surface area contributed by atoms with Crippen molar-refractivity contribution in [2.75, 3.05) is 6.54 Å². The summed E-state index contributed by atoms with van der Waals surface area (Å²) in [6.07, 6.45) is 9.50. The van der Waals surface area contributed by atoms with Gasteiger partial charge in [0.25, 0.3) is 0 Å². The van der Waals surface area contributed by atoms with Crippen LogP contribution in [-0.2, 0) is 6.42 Å². The highest BCUT2D eigenvalue weighted by atomic mass is 15.0. The minimum Gasteiger partial charge on any atom is -0.311 e. The summed E-state index contributed by atoms with van der Waals surface area (Å²) in [7, 11) is 0. The number of hydrogen-bond donors (Lipinski definition) is 1. The van der Waals surface area contributed by atoms with Crippen LogP contribution in [0.2, 0.25) is 0 Å². The predicted octanol–water partition coefficient (Wildman–Crippen LogP) is 4.03. The Morgan fingerprint density at radius 3 is 2.78 bits per heavy atom. The first kappa shape index (κ1) is 12.2. The SMILES string of the molecule is CCC1(NCC2CCCc3ccccc32)CCC1. The van der Waals surface area contributed by atoms with Crippen molar-refractivity contribution in [1.29, 1.82) is 0 Å². The molecule has 1 N–H and O–H groups in total. The molecule has 1 atom stereocenters. The molecular weight excluding hydrogens is 218 g/mol. The molecule has 2 aliphatic rings. The van der Waals surface area contributed by atoms with Gasteiger partial charge in [-0.05, 0) is 62.0 Å². The molecule has 0 aromatic heterocycles. The maximum atomic E-state index is 3.89. The molecule has 0 radical (unpaired) electrons. The third-order valence-electron chi connectivity index (χ3n) is 5.20. The zero-order chi connectivity index (χ0) is 12.4. The number of benzene rings is 1. The molecule has 0 saturated heterocycles. The van der Waals surface area contributed by atoms with E-state index in [2.05, 4.69) is 36.5 Å². The van der Waals surface area contributed by atoms with Crippen molar-refractivity contribution in [3.05, 3.63) is 35.4 Å². The van der Waals surface area contributed by atoms with E-state index in [1.807, 2.05) is 0 Å². The van der Waals surface area contributed by atoms with Crippen LogP contribution < -0.4 is 5.32 Å². The van der Waals surface area contributed by atoms with Crippen LogP contribution in [0.4, 0.5) is 0 Å². The fourth-order valence-corrected chi connectivity index (χ4v) is 3.67. The van der Waals surface area contributed by atoms with E-state index in [0.717, 1.165) is 5.92 Å². The molecule has 3 rings (SSSR count). The molecule has 1 saturated carbocycles. The largest absolute Gasteiger partial charge is 0.311 e. The van der Waals surface area contributed by atoms with Crippen molar-refractivity contribution in [3.63, 3.8) is 0 Å². The Labute approximate surface area is 111 Å². The Hall–Kier alpha value is -0.820. The van der Waals surface area contributed by atoms with Gasteiger partial charge in [-0.3, -0.25) is 0 Å². The zero-order valence-electron chi connectivity index (χ0n) is 11.5. The molecule has 98 valence electrons. The molecule has 1 fully saturated rings. The second-order valence-electron chi connectivity index (χ2n) is 6.16. The molecular formula is C17H25N. The number of aryl methyl sites for hydroxylation is 1. The lowest BCUT2D eigenvalue weighted by Gasteiger charge is -2.43. The molecule has 1 unspecified atom stereocenters. The molecule has 0 bridgehead atoms. The van der Waals surface area contributed by atoms with Gasteiger partial charge in [0.1, 0.15) is 0 Å². The summed E-state index contributed by atoms with van der Waals surface area (Å²) in [6, 6.07) is 9.06. The fourth-order valence-electron chi connectivity index (χ4n) is 3.67. The highest BCUT2D eigenvalue weighted by molar-refractivity contribution is 5.32. The first-order chi connectivity index (χ1) is 8.83. The molecule has 1 heteroatoms. The Balaban J connectivity index is 1.67. The number of fused-ring (bicyclic) bond motifs is 1. The molecule has 1 aromatic rings. The van der Waals surface area contributed by atoms with Crippen molar-refractivity contribution < 1.29 is 0 Å². The van der Waals surface area contributed by atoms with Gasteiger partial charge in [0, 0.05) is 12.1 Å². The quantitative estimate of drug-likeness (QED) is 0.842. The van der Waals surface area contributed by atoms with Gasteiger partial charge in [0.15, 0.2) is 0 Å². The molecule has 0 heterocycles. The Morgan fingerprint density at radius 1 is 1.22 bits per heavy atom. The van der Waals surface area contributed by atoms with Crippen LogP contribution in [0.1, 0.15) is 62.5 Å². The minimum absolute atomic E-state index is 0.492. The topological polar surface area (TPSA) is 12.0 Å². The molecule has 0 amide bonds. The van der Waals surface area contributed by atoms with Crippen LogP contribution in [0.25, 0.3) is 0 Å². The van der Waals surface area contributed by atoms with E-state index in [-0.39, 0.29) is 0 Å². The molecule has 0 aliphatic heterocycles. The van der Waals surface area contributed by atoms with E-state index < -0.39 is 0 Å². The standard InChI is InChI=1S/C17H25N/c1-2-17(11-6-12-17)18-13-15-9-5-8-14-7-3-4-10-16(14)15/h3-4,7,10,15,18H,2,5-6,8-9,11-13H2,1H3. The molecule has 18 heavy (non-hydrogen) atoms. The molecule has 1 aromatic carbocycles. The summed E-state index contributed by atoms with van der Waals surface area (Å²) in [5.41, 5.74) is 3.70. The minimum atomic E-state index is 0.492. The lowest BCUT2D eigenvalue weighted by Crippen LogP contribution is -2.51. The van der Waals surface area contributed by atoms with Crippen LogP contribution in [0, 0.1) is 0 Å². The van der Waals surface area contributed by atoms with E-state index in [9.17, 15) is 0 Å². The summed E-state index contributed by atoms with van der Waals surface area (Å²) < 4.78 is 0. The van der Waals surface area contributed by atoms with Crippen molar-refractivity contribution in [2.45, 2.75) is 63.3 Å². The van der Waals surface area contributed by atoms with E-state index >= 15 is 0 Å². The van der Waals surface area contributed by atoms with Crippen LogP contribution in [0.5, 0.6) is 0 Å². The summed E-state index contributed by atoms with van der Waals surface area (Å²) in [6.45, 7) is 3.52. The number of nitrogens with one attached hydrogen (secondary N) is 1.